The molecule has 156 valence electrons. The van der Waals surface area contributed by atoms with E-state index in [4.69, 9.17) is 9.47 Å². The maximum atomic E-state index is 5.54. The zero-order chi connectivity index (χ0) is 19.2. The average Bonchev–Trinajstić information content (AvgIpc) is 3.18. The molecule has 0 bridgehead atoms. The summed E-state index contributed by atoms with van der Waals surface area (Å²) >= 11 is 0. The fourth-order valence-corrected chi connectivity index (χ4v) is 2.38. The van der Waals surface area contributed by atoms with E-state index >= 15 is 0 Å². The van der Waals surface area contributed by atoms with Gasteiger partial charge in [-0.2, -0.15) is 0 Å². The summed E-state index contributed by atoms with van der Waals surface area (Å²) < 4.78 is 12.9. The fraction of sp³-hybridized carbons (Fsp3) is 0.526. The van der Waals surface area contributed by atoms with Crippen LogP contribution in [0.1, 0.15) is 25.6 Å². The second kappa shape index (κ2) is 15.2. The normalized spacial score (nSPS) is 11.1. The lowest BCUT2D eigenvalue weighted by Crippen LogP contribution is -2.39. The molecule has 0 amide bonds. The molecule has 1 heterocycles. The molecule has 0 saturated carbocycles. The number of benzene rings is 1. The average molecular weight is 502 g/mol. The highest BCUT2D eigenvalue weighted by Gasteiger charge is 2.07. The van der Waals surface area contributed by atoms with E-state index in [1.165, 1.54) is 0 Å². The van der Waals surface area contributed by atoms with Crippen molar-refractivity contribution in [1.82, 2.24) is 25.4 Å². The molecule has 0 aliphatic rings. The number of guanidine groups is 1. The highest BCUT2D eigenvalue weighted by molar-refractivity contribution is 14.0. The lowest BCUT2D eigenvalue weighted by molar-refractivity contribution is 0.0487. The molecule has 0 aliphatic heterocycles. The van der Waals surface area contributed by atoms with Crippen LogP contribution in [0, 0.1) is 0 Å². The van der Waals surface area contributed by atoms with E-state index in [1.54, 1.807) is 13.4 Å². The maximum Gasteiger partial charge on any atom is 0.191 e. The Morgan fingerprint density at radius 3 is 2.54 bits per heavy atom. The van der Waals surface area contributed by atoms with Gasteiger partial charge in [-0.1, -0.05) is 31.5 Å². The SMILES string of the molecule is CCCCOCCOCCNC(=NC)NCc1nncn1-c1ccccc1.I. The van der Waals surface area contributed by atoms with Gasteiger partial charge in [0.1, 0.15) is 6.33 Å². The summed E-state index contributed by atoms with van der Waals surface area (Å²) in [6.07, 6.45) is 3.96. The molecule has 1 aromatic heterocycles. The van der Waals surface area contributed by atoms with Gasteiger partial charge in [-0.15, -0.1) is 34.2 Å². The molecule has 8 nitrogen and oxygen atoms in total. The van der Waals surface area contributed by atoms with Crippen molar-refractivity contribution in [2.75, 3.05) is 40.0 Å². The maximum absolute atomic E-state index is 5.54. The minimum absolute atomic E-state index is 0. The summed E-state index contributed by atoms with van der Waals surface area (Å²) in [7, 11) is 1.74. The quantitative estimate of drug-likeness (QED) is 0.201. The number of aliphatic imine (C=N–C) groups is 1. The topological polar surface area (TPSA) is 85.6 Å². The Morgan fingerprint density at radius 1 is 1.07 bits per heavy atom. The van der Waals surface area contributed by atoms with Crippen molar-refractivity contribution in [1.29, 1.82) is 0 Å². The highest BCUT2D eigenvalue weighted by Crippen LogP contribution is 2.08. The van der Waals surface area contributed by atoms with Gasteiger partial charge >= 0.3 is 0 Å². The van der Waals surface area contributed by atoms with E-state index in [-0.39, 0.29) is 24.0 Å². The third-order valence-electron chi connectivity index (χ3n) is 3.84. The Morgan fingerprint density at radius 2 is 1.82 bits per heavy atom. The number of ether oxygens (including phenoxy) is 2. The van der Waals surface area contributed by atoms with Crippen LogP contribution >= 0.6 is 24.0 Å². The van der Waals surface area contributed by atoms with Crippen molar-refractivity contribution in [3.05, 3.63) is 42.5 Å². The summed E-state index contributed by atoms with van der Waals surface area (Å²) in [5.74, 6) is 1.50. The summed E-state index contributed by atoms with van der Waals surface area (Å²) in [6.45, 7) is 5.98. The van der Waals surface area contributed by atoms with Crippen LogP contribution in [0.4, 0.5) is 0 Å². The molecule has 0 aliphatic carbocycles. The molecule has 1 aromatic carbocycles. The minimum Gasteiger partial charge on any atom is -0.379 e. The van der Waals surface area contributed by atoms with E-state index in [0.29, 0.717) is 38.9 Å². The Kier molecular flexibility index (Phi) is 13.2. The van der Waals surface area contributed by atoms with Crippen molar-refractivity contribution in [2.24, 2.45) is 4.99 Å². The molecule has 0 spiro atoms. The van der Waals surface area contributed by atoms with Gasteiger partial charge in [0.25, 0.3) is 0 Å². The standard InChI is InChI=1S/C19H30N6O2.HI/c1-3-4-11-26-13-14-27-12-10-21-19(20-2)22-15-18-24-23-16-25(18)17-8-6-5-7-9-17;/h5-9,16H,3-4,10-15H2,1-2H3,(H2,20,21,22);1H. The number of para-hydroxylation sites is 1. The van der Waals surface area contributed by atoms with Crippen LogP contribution in [0.25, 0.3) is 5.69 Å². The number of halogens is 1. The third-order valence-corrected chi connectivity index (χ3v) is 3.84. The van der Waals surface area contributed by atoms with E-state index in [2.05, 4.69) is 32.7 Å². The molecule has 0 atom stereocenters. The Balaban J connectivity index is 0.00000392. The molecule has 28 heavy (non-hydrogen) atoms. The molecule has 0 saturated heterocycles. The van der Waals surface area contributed by atoms with Crippen LogP contribution in [0.15, 0.2) is 41.7 Å². The molecule has 2 rings (SSSR count). The van der Waals surface area contributed by atoms with Crippen molar-refractivity contribution in [3.8, 4) is 5.69 Å². The lowest BCUT2D eigenvalue weighted by Gasteiger charge is -2.12. The Hall–Kier alpha value is -1.72. The van der Waals surface area contributed by atoms with Crippen molar-refractivity contribution < 1.29 is 9.47 Å². The highest BCUT2D eigenvalue weighted by atomic mass is 127. The summed E-state index contributed by atoms with van der Waals surface area (Å²) in [4.78, 5) is 4.21. The number of hydrogen-bond donors (Lipinski definition) is 2. The number of aromatic nitrogens is 3. The third kappa shape index (κ3) is 8.98. The van der Waals surface area contributed by atoms with E-state index in [1.807, 2.05) is 34.9 Å². The second-order valence-electron chi connectivity index (χ2n) is 5.88. The van der Waals surface area contributed by atoms with Gasteiger partial charge < -0.3 is 20.1 Å². The van der Waals surface area contributed by atoms with E-state index in [0.717, 1.165) is 31.0 Å². The first-order valence-corrected chi connectivity index (χ1v) is 9.39. The van der Waals surface area contributed by atoms with Crippen LogP contribution in [0.5, 0.6) is 0 Å². The van der Waals surface area contributed by atoms with Crippen LogP contribution < -0.4 is 10.6 Å². The summed E-state index contributed by atoms with van der Waals surface area (Å²) in [6, 6.07) is 9.99. The van der Waals surface area contributed by atoms with Crippen molar-refractivity contribution >= 4 is 29.9 Å². The predicted octanol–water partition coefficient (Wildman–Crippen LogP) is 2.38. The molecule has 9 heteroatoms. The molecule has 0 fully saturated rings. The molecular formula is C19H31IN6O2. The first-order valence-electron chi connectivity index (χ1n) is 9.39. The van der Waals surface area contributed by atoms with Gasteiger partial charge in [-0.25, -0.2) is 0 Å². The van der Waals surface area contributed by atoms with E-state index < -0.39 is 0 Å². The summed E-state index contributed by atoms with van der Waals surface area (Å²) in [5.41, 5.74) is 1.02. The van der Waals surface area contributed by atoms with Crippen molar-refractivity contribution in [3.63, 3.8) is 0 Å². The second-order valence-corrected chi connectivity index (χ2v) is 5.88. The Bertz CT molecular complexity index is 665. The fourth-order valence-electron chi connectivity index (χ4n) is 2.38. The first-order chi connectivity index (χ1) is 13.3. The number of hydrogen-bond acceptors (Lipinski definition) is 5. The van der Waals surface area contributed by atoms with Gasteiger partial charge in [0, 0.05) is 25.9 Å². The van der Waals surface area contributed by atoms with Crippen LogP contribution in [-0.4, -0.2) is 60.7 Å². The molecular weight excluding hydrogens is 471 g/mol. The number of rotatable bonds is 12. The first kappa shape index (κ1) is 24.3. The van der Waals surface area contributed by atoms with Gasteiger partial charge in [0.05, 0.1) is 26.4 Å². The predicted molar refractivity (Wildman–Crippen MR) is 122 cm³/mol. The van der Waals surface area contributed by atoms with Crippen LogP contribution in [0.2, 0.25) is 0 Å². The Labute approximate surface area is 184 Å². The minimum atomic E-state index is 0. The number of nitrogens with zero attached hydrogens (tertiary/aromatic N) is 4. The molecule has 2 N–H and O–H groups in total. The van der Waals surface area contributed by atoms with Crippen LogP contribution in [-0.2, 0) is 16.0 Å². The number of unbranched alkanes of at least 4 members (excludes halogenated alkanes) is 1. The van der Waals surface area contributed by atoms with Gasteiger partial charge in [-0.05, 0) is 18.6 Å². The smallest absolute Gasteiger partial charge is 0.191 e. The van der Waals surface area contributed by atoms with Crippen LogP contribution in [0.3, 0.4) is 0 Å². The molecule has 0 radical (unpaired) electrons. The monoisotopic (exact) mass is 502 g/mol. The largest absolute Gasteiger partial charge is 0.379 e. The zero-order valence-corrected chi connectivity index (χ0v) is 19.0. The van der Waals surface area contributed by atoms with Gasteiger partial charge in [0.2, 0.25) is 0 Å². The van der Waals surface area contributed by atoms with Gasteiger partial charge in [-0.3, -0.25) is 9.56 Å². The van der Waals surface area contributed by atoms with E-state index in [9.17, 15) is 0 Å². The summed E-state index contributed by atoms with van der Waals surface area (Å²) in [5, 5.41) is 14.6. The molecule has 2 aromatic rings. The van der Waals surface area contributed by atoms with Gasteiger partial charge in [0.15, 0.2) is 11.8 Å². The molecule has 0 unspecified atom stereocenters. The van der Waals surface area contributed by atoms with Crippen molar-refractivity contribution in [2.45, 2.75) is 26.3 Å². The zero-order valence-electron chi connectivity index (χ0n) is 16.6. The lowest BCUT2D eigenvalue weighted by atomic mass is 10.3. The number of nitrogens with one attached hydrogen (secondary N) is 2.